The number of amides is 1. The third-order valence-electron chi connectivity index (χ3n) is 6.18. The molecule has 1 heterocycles. The first kappa shape index (κ1) is 19.8. The van der Waals surface area contributed by atoms with Crippen molar-refractivity contribution in [1.82, 2.24) is 0 Å². The van der Waals surface area contributed by atoms with Crippen LogP contribution in [0.25, 0.3) is 22.5 Å². The van der Waals surface area contributed by atoms with Gasteiger partial charge in [0, 0.05) is 16.5 Å². The summed E-state index contributed by atoms with van der Waals surface area (Å²) in [5.41, 5.74) is 3.38. The van der Waals surface area contributed by atoms with Crippen molar-refractivity contribution < 1.29 is 19.4 Å². The average Bonchev–Trinajstić information content (AvgIpc) is 3.50. The van der Waals surface area contributed by atoms with Gasteiger partial charge in [0.15, 0.2) is 0 Å². The highest BCUT2D eigenvalue weighted by Gasteiger charge is 2.43. The van der Waals surface area contributed by atoms with Crippen molar-refractivity contribution >= 4 is 34.5 Å². The van der Waals surface area contributed by atoms with E-state index in [9.17, 15) is 19.4 Å². The summed E-state index contributed by atoms with van der Waals surface area (Å²) in [6, 6.07) is 17.0. The maximum absolute atomic E-state index is 14.2. The Morgan fingerprint density at radius 3 is 2.42 bits per heavy atom. The first-order valence-electron chi connectivity index (χ1n) is 9.99. The molecule has 2 aliphatic rings. The van der Waals surface area contributed by atoms with Gasteiger partial charge in [-0.1, -0.05) is 48.0 Å². The molecule has 31 heavy (non-hydrogen) atoms. The molecule has 1 amide bonds. The lowest BCUT2D eigenvalue weighted by Crippen LogP contribution is -2.11. The quantitative estimate of drug-likeness (QED) is 0.372. The molecule has 156 valence electrons. The Hall–Kier alpha value is -3.15. The van der Waals surface area contributed by atoms with Gasteiger partial charge in [-0.05, 0) is 48.2 Å². The molecular weight excluding hydrogens is 417 g/mol. The number of halogens is 2. The molecule has 0 unspecified atom stereocenters. The van der Waals surface area contributed by atoms with E-state index in [4.69, 9.17) is 11.6 Å². The van der Waals surface area contributed by atoms with Crippen LogP contribution in [0.15, 0.2) is 60.7 Å². The lowest BCUT2D eigenvalue weighted by atomic mass is 9.93. The van der Waals surface area contributed by atoms with E-state index in [2.05, 4.69) is 5.32 Å². The van der Waals surface area contributed by atoms with Gasteiger partial charge in [-0.2, -0.15) is 0 Å². The predicted octanol–water partition coefficient (Wildman–Crippen LogP) is 5.55. The Labute approximate surface area is 183 Å². The number of rotatable bonds is 4. The molecule has 6 heteroatoms. The summed E-state index contributed by atoms with van der Waals surface area (Å²) >= 11 is 6.50. The molecule has 3 aromatic rings. The molecule has 1 aliphatic heterocycles. The molecule has 0 spiro atoms. The first-order chi connectivity index (χ1) is 14.9. The maximum Gasteiger partial charge on any atom is 0.260 e. The zero-order valence-corrected chi connectivity index (χ0v) is 17.2. The minimum absolute atomic E-state index is 0.00634. The molecule has 4 nitrogen and oxygen atoms in total. The number of aliphatic hydroxyl groups is 2. The Kier molecular flexibility index (Phi) is 4.61. The molecular formula is C25H19ClFNO3. The zero-order valence-electron chi connectivity index (χ0n) is 16.5. The molecule has 3 N–H and O–H groups in total. The van der Waals surface area contributed by atoms with Crippen molar-refractivity contribution in [1.29, 1.82) is 0 Å². The number of carbonyl (C=O) groups is 1. The van der Waals surface area contributed by atoms with Gasteiger partial charge in [0.25, 0.3) is 5.91 Å². The second kappa shape index (κ2) is 7.22. The molecule has 3 aromatic carbocycles. The van der Waals surface area contributed by atoms with Gasteiger partial charge in [-0.3, -0.25) is 4.79 Å². The molecule has 1 saturated carbocycles. The van der Waals surface area contributed by atoms with Crippen molar-refractivity contribution in [2.75, 3.05) is 11.9 Å². The van der Waals surface area contributed by atoms with Crippen LogP contribution in [0.5, 0.6) is 0 Å². The Morgan fingerprint density at radius 2 is 1.77 bits per heavy atom. The number of benzene rings is 3. The van der Waals surface area contributed by atoms with Crippen LogP contribution in [0.4, 0.5) is 10.1 Å². The summed E-state index contributed by atoms with van der Waals surface area (Å²) < 4.78 is 14.2. The van der Waals surface area contributed by atoms with Crippen molar-refractivity contribution in [3.63, 3.8) is 0 Å². The largest absolute Gasteiger partial charge is 0.506 e. The highest BCUT2D eigenvalue weighted by molar-refractivity contribution is 6.38. The summed E-state index contributed by atoms with van der Waals surface area (Å²) in [4.78, 5) is 12.6. The van der Waals surface area contributed by atoms with Crippen LogP contribution >= 0.6 is 11.6 Å². The van der Waals surface area contributed by atoms with E-state index in [1.54, 1.807) is 18.2 Å². The third kappa shape index (κ3) is 3.21. The van der Waals surface area contributed by atoms with Crippen LogP contribution in [0, 0.1) is 5.82 Å². The number of anilines is 1. The first-order valence-corrected chi connectivity index (χ1v) is 10.4. The number of hydrogen-bond donors (Lipinski definition) is 3. The van der Waals surface area contributed by atoms with E-state index in [0.717, 1.165) is 24.0 Å². The molecule has 1 aliphatic carbocycles. The van der Waals surface area contributed by atoms with E-state index in [1.165, 1.54) is 18.2 Å². The molecule has 0 bridgehead atoms. The summed E-state index contributed by atoms with van der Waals surface area (Å²) in [6.07, 6.45) is 1.94. The second-order valence-corrected chi connectivity index (χ2v) is 8.46. The second-order valence-electron chi connectivity index (χ2n) is 8.05. The van der Waals surface area contributed by atoms with E-state index in [-0.39, 0.29) is 23.2 Å². The fourth-order valence-electron chi connectivity index (χ4n) is 4.13. The highest BCUT2D eigenvalue weighted by atomic mass is 35.5. The van der Waals surface area contributed by atoms with E-state index >= 15 is 0 Å². The van der Waals surface area contributed by atoms with Crippen LogP contribution in [0.3, 0.4) is 0 Å². The van der Waals surface area contributed by atoms with Gasteiger partial charge >= 0.3 is 0 Å². The van der Waals surface area contributed by atoms with Crippen molar-refractivity contribution in [2.24, 2.45) is 0 Å². The molecule has 5 rings (SSSR count). The fraction of sp³-hybridized carbons (Fsp3) is 0.160. The number of aliphatic hydroxyl groups excluding tert-OH is 2. The fourth-order valence-corrected chi connectivity index (χ4v) is 4.40. The number of carbonyl (C=O) groups excluding carboxylic acids is 1. The van der Waals surface area contributed by atoms with Gasteiger partial charge in [0.05, 0.1) is 28.5 Å². The van der Waals surface area contributed by atoms with Crippen LogP contribution < -0.4 is 5.32 Å². The third-order valence-corrected chi connectivity index (χ3v) is 6.49. The van der Waals surface area contributed by atoms with Gasteiger partial charge in [-0.25, -0.2) is 4.39 Å². The van der Waals surface area contributed by atoms with Gasteiger partial charge in [-0.15, -0.1) is 0 Å². The van der Waals surface area contributed by atoms with E-state index in [1.807, 2.05) is 24.3 Å². The number of nitrogens with one attached hydrogen (secondary N) is 1. The Morgan fingerprint density at radius 1 is 1.06 bits per heavy atom. The summed E-state index contributed by atoms with van der Waals surface area (Å²) in [5, 5.41) is 23.5. The van der Waals surface area contributed by atoms with Gasteiger partial charge < -0.3 is 15.5 Å². The standard InChI is InChI=1S/C25H19ClFNO3/c26-19-12-21-18(22(24(31)28-21)23(30)16-3-1-2-4-20(16)27)11-17(19)14-5-7-15(8-6-14)25(13-29)9-10-25/h1-8,11-12,29-30H,9-10,13H2,(H,28,31)/b23-22-. The summed E-state index contributed by atoms with van der Waals surface area (Å²) in [5.74, 6) is -1.55. The van der Waals surface area contributed by atoms with Crippen LogP contribution in [0.2, 0.25) is 5.02 Å². The summed E-state index contributed by atoms with van der Waals surface area (Å²) in [7, 11) is 0. The normalized spacial score (nSPS) is 17.8. The predicted molar refractivity (Wildman–Crippen MR) is 119 cm³/mol. The lowest BCUT2D eigenvalue weighted by molar-refractivity contribution is -0.110. The van der Waals surface area contributed by atoms with E-state index < -0.39 is 17.5 Å². The maximum atomic E-state index is 14.2. The van der Waals surface area contributed by atoms with Crippen LogP contribution in [-0.4, -0.2) is 22.7 Å². The monoisotopic (exact) mass is 435 g/mol. The molecule has 0 saturated heterocycles. The topological polar surface area (TPSA) is 69.6 Å². The van der Waals surface area contributed by atoms with Gasteiger partial charge in [0.1, 0.15) is 11.6 Å². The minimum Gasteiger partial charge on any atom is -0.506 e. The van der Waals surface area contributed by atoms with Crippen molar-refractivity contribution in [2.45, 2.75) is 18.3 Å². The van der Waals surface area contributed by atoms with Gasteiger partial charge in [0.2, 0.25) is 0 Å². The highest BCUT2D eigenvalue weighted by Crippen LogP contribution is 2.48. The van der Waals surface area contributed by atoms with E-state index in [0.29, 0.717) is 21.8 Å². The Balaban J connectivity index is 1.60. The summed E-state index contributed by atoms with van der Waals surface area (Å²) in [6.45, 7) is 0.128. The molecule has 0 aromatic heterocycles. The van der Waals surface area contributed by atoms with Crippen molar-refractivity contribution in [3.8, 4) is 11.1 Å². The minimum atomic E-state index is -0.614. The zero-order chi connectivity index (χ0) is 21.8. The molecule has 0 radical (unpaired) electrons. The lowest BCUT2D eigenvalue weighted by Gasteiger charge is -2.14. The number of hydrogen-bond acceptors (Lipinski definition) is 3. The van der Waals surface area contributed by atoms with Crippen molar-refractivity contribution in [3.05, 3.63) is 88.2 Å². The number of fused-ring (bicyclic) bond motifs is 1. The molecule has 0 atom stereocenters. The Bertz CT molecular complexity index is 1250. The van der Waals surface area contributed by atoms with Crippen LogP contribution in [-0.2, 0) is 10.2 Å². The van der Waals surface area contributed by atoms with Crippen LogP contribution in [0.1, 0.15) is 29.5 Å². The smallest absolute Gasteiger partial charge is 0.260 e. The SMILES string of the molecule is O=C1Nc2cc(Cl)c(-c3ccc(C4(CO)CC4)cc3)cc2/C1=C(/O)c1ccccc1F. The average molecular weight is 436 g/mol. The molecule has 1 fully saturated rings.